The summed E-state index contributed by atoms with van der Waals surface area (Å²) in [6, 6.07) is 5.34. The van der Waals surface area contributed by atoms with Crippen molar-refractivity contribution in [3.05, 3.63) is 47.3 Å². The topological polar surface area (TPSA) is 26.3 Å². The summed E-state index contributed by atoms with van der Waals surface area (Å²) in [5.74, 6) is -0.779. The van der Waals surface area contributed by atoms with Crippen LogP contribution in [0.5, 0.6) is 0 Å². The van der Waals surface area contributed by atoms with Crippen LogP contribution in [-0.2, 0) is 4.74 Å². The molecule has 0 bridgehead atoms. The highest BCUT2D eigenvalue weighted by Gasteiger charge is 2.07. The SMILES string of the molecule is CC/C(=C\CI)COC(=O)c1ccc(F)cc1. The van der Waals surface area contributed by atoms with Crippen molar-refractivity contribution in [2.24, 2.45) is 0 Å². The molecule has 0 saturated carbocycles. The van der Waals surface area contributed by atoms with Gasteiger partial charge in [-0.1, -0.05) is 35.6 Å². The van der Waals surface area contributed by atoms with Crippen molar-refractivity contribution in [2.75, 3.05) is 11.0 Å². The maximum atomic E-state index is 12.7. The Balaban J connectivity index is 2.55. The Hall–Kier alpha value is -0.910. The fourth-order valence-electron chi connectivity index (χ4n) is 1.24. The zero-order valence-electron chi connectivity index (χ0n) is 9.58. The van der Waals surface area contributed by atoms with Gasteiger partial charge in [0.25, 0.3) is 0 Å². The lowest BCUT2D eigenvalue weighted by Gasteiger charge is -2.06. The first kappa shape index (κ1) is 14.2. The van der Waals surface area contributed by atoms with Gasteiger partial charge in [0.2, 0.25) is 0 Å². The number of hydrogen-bond acceptors (Lipinski definition) is 2. The van der Waals surface area contributed by atoms with Crippen LogP contribution in [-0.4, -0.2) is 17.0 Å². The van der Waals surface area contributed by atoms with Gasteiger partial charge in [0, 0.05) is 4.43 Å². The summed E-state index contributed by atoms with van der Waals surface area (Å²) in [6.45, 7) is 2.32. The van der Waals surface area contributed by atoms with E-state index in [0.29, 0.717) is 12.2 Å². The number of alkyl halides is 1. The number of rotatable bonds is 5. The third-order valence-electron chi connectivity index (χ3n) is 2.29. The molecule has 0 saturated heterocycles. The van der Waals surface area contributed by atoms with Crippen LogP contribution < -0.4 is 0 Å². The van der Waals surface area contributed by atoms with Gasteiger partial charge in [-0.2, -0.15) is 0 Å². The maximum absolute atomic E-state index is 12.7. The molecule has 0 N–H and O–H groups in total. The maximum Gasteiger partial charge on any atom is 0.338 e. The number of halogens is 2. The van der Waals surface area contributed by atoms with Crippen molar-refractivity contribution < 1.29 is 13.9 Å². The van der Waals surface area contributed by atoms with Gasteiger partial charge in [-0.3, -0.25) is 0 Å². The molecule has 4 heteroatoms. The second kappa shape index (κ2) is 7.42. The van der Waals surface area contributed by atoms with E-state index in [1.807, 2.05) is 13.0 Å². The van der Waals surface area contributed by atoms with E-state index in [0.717, 1.165) is 16.4 Å². The third kappa shape index (κ3) is 4.85. The van der Waals surface area contributed by atoms with Crippen molar-refractivity contribution in [3.8, 4) is 0 Å². The van der Waals surface area contributed by atoms with Gasteiger partial charge < -0.3 is 4.74 Å². The number of allylic oxidation sites excluding steroid dienone is 1. The second-order valence-electron chi connectivity index (χ2n) is 3.45. The Labute approximate surface area is 114 Å². The molecule has 0 fully saturated rings. The van der Waals surface area contributed by atoms with Crippen molar-refractivity contribution in [1.82, 2.24) is 0 Å². The van der Waals surface area contributed by atoms with Crippen LogP contribution >= 0.6 is 22.6 Å². The van der Waals surface area contributed by atoms with Gasteiger partial charge in [0.1, 0.15) is 12.4 Å². The average Bonchev–Trinajstić information content (AvgIpc) is 2.35. The van der Waals surface area contributed by atoms with Gasteiger partial charge >= 0.3 is 5.97 Å². The molecule has 1 aromatic rings. The van der Waals surface area contributed by atoms with Gasteiger partial charge in [0.15, 0.2) is 0 Å². The van der Waals surface area contributed by atoms with Crippen LogP contribution in [0.4, 0.5) is 4.39 Å². The van der Waals surface area contributed by atoms with E-state index in [1.165, 1.54) is 24.3 Å². The lowest BCUT2D eigenvalue weighted by atomic mass is 10.2. The normalized spacial score (nSPS) is 11.4. The van der Waals surface area contributed by atoms with Crippen molar-refractivity contribution in [2.45, 2.75) is 13.3 Å². The monoisotopic (exact) mass is 348 g/mol. The zero-order valence-corrected chi connectivity index (χ0v) is 11.7. The quantitative estimate of drug-likeness (QED) is 0.351. The highest BCUT2D eigenvalue weighted by molar-refractivity contribution is 14.1. The van der Waals surface area contributed by atoms with E-state index in [-0.39, 0.29) is 5.82 Å². The van der Waals surface area contributed by atoms with Crippen molar-refractivity contribution in [3.63, 3.8) is 0 Å². The fraction of sp³-hybridized carbons (Fsp3) is 0.308. The Kier molecular flexibility index (Phi) is 6.18. The molecule has 0 aliphatic rings. The molecule has 0 radical (unpaired) electrons. The summed E-state index contributed by atoms with van der Waals surface area (Å²) >= 11 is 2.24. The number of benzene rings is 1. The molecule has 2 nitrogen and oxygen atoms in total. The van der Waals surface area contributed by atoms with Crippen molar-refractivity contribution in [1.29, 1.82) is 0 Å². The van der Waals surface area contributed by atoms with Crippen LogP contribution in [0.25, 0.3) is 0 Å². The molecule has 92 valence electrons. The average molecular weight is 348 g/mol. The first-order chi connectivity index (χ1) is 8.17. The Morgan fingerprint density at radius 2 is 2.06 bits per heavy atom. The molecule has 0 atom stereocenters. The molecule has 17 heavy (non-hydrogen) atoms. The van der Waals surface area contributed by atoms with E-state index < -0.39 is 5.97 Å². The Morgan fingerprint density at radius 1 is 1.41 bits per heavy atom. The summed E-state index contributed by atoms with van der Waals surface area (Å²) in [7, 11) is 0. The highest BCUT2D eigenvalue weighted by Crippen LogP contribution is 2.08. The molecule has 0 amide bonds. The molecule has 1 aromatic carbocycles. The van der Waals surface area contributed by atoms with E-state index >= 15 is 0 Å². The molecule has 0 aliphatic carbocycles. The van der Waals surface area contributed by atoms with Gasteiger partial charge in [-0.05, 0) is 36.3 Å². The van der Waals surface area contributed by atoms with E-state index in [2.05, 4.69) is 22.6 Å². The Bertz CT molecular complexity index is 398. The van der Waals surface area contributed by atoms with Crippen LogP contribution in [0.3, 0.4) is 0 Å². The first-order valence-electron chi connectivity index (χ1n) is 5.34. The van der Waals surface area contributed by atoms with Crippen LogP contribution in [0, 0.1) is 5.82 Å². The summed E-state index contributed by atoms with van der Waals surface area (Å²) in [4.78, 5) is 11.6. The largest absolute Gasteiger partial charge is 0.458 e. The lowest BCUT2D eigenvalue weighted by molar-refractivity contribution is 0.0538. The summed E-state index contributed by atoms with van der Waals surface area (Å²) < 4.78 is 18.7. The smallest absolute Gasteiger partial charge is 0.338 e. The summed E-state index contributed by atoms with van der Waals surface area (Å²) in [6.07, 6.45) is 2.90. The molecule has 0 aromatic heterocycles. The standard InChI is InChI=1S/C13H14FIO2/c1-2-10(7-8-15)9-17-13(16)11-3-5-12(14)6-4-11/h3-7H,2,8-9H2,1H3/b10-7+. The first-order valence-corrected chi connectivity index (χ1v) is 6.86. The molecule has 0 heterocycles. The molecule has 0 aliphatic heterocycles. The van der Waals surface area contributed by atoms with E-state index in [1.54, 1.807) is 0 Å². The summed E-state index contributed by atoms with van der Waals surface area (Å²) in [5, 5.41) is 0. The van der Waals surface area contributed by atoms with Crippen molar-refractivity contribution >= 4 is 28.6 Å². The molecular formula is C13H14FIO2. The minimum atomic E-state index is -0.419. The number of ether oxygens (including phenoxy) is 1. The summed E-state index contributed by atoms with van der Waals surface area (Å²) in [5.41, 5.74) is 1.46. The predicted molar refractivity (Wildman–Crippen MR) is 73.9 cm³/mol. The predicted octanol–water partition coefficient (Wildman–Crippen LogP) is 3.75. The molecule has 0 unspecified atom stereocenters. The van der Waals surface area contributed by atoms with Crippen LogP contribution in [0.2, 0.25) is 0 Å². The molecule has 1 rings (SSSR count). The van der Waals surface area contributed by atoms with Gasteiger partial charge in [0.05, 0.1) is 5.56 Å². The second-order valence-corrected chi connectivity index (χ2v) is 4.33. The number of carbonyl (C=O) groups is 1. The number of hydrogen-bond donors (Lipinski definition) is 0. The van der Waals surface area contributed by atoms with Gasteiger partial charge in [-0.25, -0.2) is 9.18 Å². The van der Waals surface area contributed by atoms with Crippen LogP contribution in [0.1, 0.15) is 23.7 Å². The van der Waals surface area contributed by atoms with E-state index in [9.17, 15) is 9.18 Å². The molecule has 0 spiro atoms. The molecular weight excluding hydrogens is 334 g/mol. The number of esters is 1. The van der Waals surface area contributed by atoms with Gasteiger partial charge in [-0.15, -0.1) is 0 Å². The zero-order chi connectivity index (χ0) is 12.7. The van der Waals surface area contributed by atoms with E-state index in [4.69, 9.17) is 4.74 Å². The Morgan fingerprint density at radius 3 is 2.59 bits per heavy atom. The van der Waals surface area contributed by atoms with Crippen LogP contribution in [0.15, 0.2) is 35.9 Å². The highest BCUT2D eigenvalue weighted by atomic mass is 127. The third-order valence-corrected chi connectivity index (χ3v) is 2.73. The number of carbonyl (C=O) groups excluding carboxylic acids is 1. The fourth-order valence-corrected chi connectivity index (χ4v) is 1.86. The lowest BCUT2D eigenvalue weighted by Crippen LogP contribution is -2.08. The minimum absolute atomic E-state index is 0.301. The minimum Gasteiger partial charge on any atom is -0.458 e.